The predicted octanol–water partition coefficient (Wildman–Crippen LogP) is 3.69. The Bertz CT molecular complexity index is 265. The van der Waals surface area contributed by atoms with Gasteiger partial charge in [-0.3, -0.25) is 0 Å². The fourth-order valence-electron chi connectivity index (χ4n) is 0.718. The van der Waals surface area contributed by atoms with Gasteiger partial charge in [-0.25, -0.2) is 0 Å². The van der Waals surface area contributed by atoms with Crippen LogP contribution in [0.5, 0.6) is 0 Å². The molecular weight excluding hydrogens is 160 g/mol. The van der Waals surface area contributed by atoms with Crippen molar-refractivity contribution in [3.8, 4) is 0 Å². The van der Waals surface area contributed by atoms with Crippen molar-refractivity contribution in [2.75, 3.05) is 0 Å². The monoisotopic (exact) mass is 176 g/mol. The van der Waals surface area contributed by atoms with Crippen LogP contribution >= 0.6 is 0 Å². The summed E-state index contributed by atoms with van der Waals surface area (Å²) in [7, 11) is 0. The van der Waals surface area contributed by atoms with Crippen LogP contribution in [-0.4, -0.2) is 5.11 Å². The maximum atomic E-state index is 8.82. The molecule has 0 radical (unpaired) electrons. The van der Waals surface area contributed by atoms with E-state index >= 15 is 0 Å². The third kappa shape index (κ3) is 6.88. The predicted molar refractivity (Wildman–Crippen MR) is 58.6 cm³/mol. The van der Waals surface area contributed by atoms with Gasteiger partial charge in [-0.15, -0.1) is 0 Å². The number of allylic oxidation sites excluding steroid dienone is 8. The molecule has 0 fully saturated rings. The minimum absolute atomic E-state index is 0.0683. The molecule has 13 heavy (non-hydrogen) atoms. The third-order valence-electron chi connectivity index (χ3n) is 1.39. The third-order valence-corrected chi connectivity index (χ3v) is 1.39. The van der Waals surface area contributed by atoms with E-state index in [0.717, 1.165) is 5.57 Å². The molecule has 0 aliphatic heterocycles. The van der Waals surface area contributed by atoms with Gasteiger partial charge in [0, 0.05) is 0 Å². The number of aliphatic hydroxyl groups excluding tert-OH is 1. The second-order valence-electron chi connectivity index (χ2n) is 2.50. The molecule has 70 valence electrons. The first-order valence-corrected chi connectivity index (χ1v) is 4.22. The Balaban J connectivity index is 4.30. The lowest BCUT2D eigenvalue weighted by molar-refractivity contribution is 0.435. The Labute approximate surface area is 80.1 Å². The summed E-state index contributed by atoms with van der Waals surface area (Å²) >= 11 is 0. The molecule has 0 rings (SSSR count). The molecule has 0 bridgehead atoms. The van der Waals surface area contributed by atoms with Gasteiger partial charge >= 0.3 is 0 Å². The van der Waals surface area contributed by atoms with Crippen molar-refractivity contribution in [3.05, 3.63) is 60.4 Å². The first-order chi connectivity index (χ1) is 6.20. The fraction of sp³-hybridized carbons (Fsp3) is 0.167. The van der Waals surface area contributed by atoms with Crippen LogP contribution in [0, 0.1) is 0 Å². The summed E-state index contributed by atoms with van der Waals surface area (Å²) in [5, 5.41) is 8.82. The molecule has 0 aliphatic carbocycles. The summed E-state index contributed by atoms with van der Waals surface area (Å²) in [5.41, 5.74) is 1.04. The van der Waals surface area contributed by atoms with Gasteiger partial charge in [0.1, 0.15) is 5.76 Å². The Morgan fingerprint density at radius 3 is 2.23 bits per heavy atom. The molecule has 0 saturated carbocycles. The van der Waals surface area contributed by atoms with Crippen LogP contribution in [0.1, 0.15) is 13.8 Å². The Kier molecular flexibility index (Phi) is 6.34. The average molecular weight is 176 g/mol. The molecule has 0 aromatic heterocycles. The van der Waals surface area contributed by atoms with Gasteiger partial charge in [-0.2, -0.15) is 0 Å². The van der Waals surface area contributed by atoms with E-state index in [0.29, 0.717) is 0 Å². The van der Waals surface area contributed by atoms with Crippen LogP contribution in [0.15, 0.2) is 60.4 Å². The Hall–Kier alpha value is -1.50. The maximum absolute atomic E-state index is 8.82. The molecule has 0 saturated heterocycles. The summed E-state index contributed by atoms with van der Waals surface area (Å²) in [5.74, 6) is 0.0683. The largest absolute Gasteiger partial charge is 0.509 e. The number of hydrogen-bond acceptors (Lipinski definition) is 1. The first kappa shape index (κ1) is 11.5. The van der Waals surface area contributed by atoms with Crippen molar-refractivity contribution in [2.24, 2.45) is 0 Å². The van der Waals surface area contributed by atoms with E-state index in [1.165, 1.54) is 0 Å². The summed E-state index contributed by atoms with van der Waals surface area (Å²) in [6.45, 7) is 7.27. The highest BCUT2D eigenvalue weighted by Gasteiger charge is 1.82. The second kappa shape index (κ2) is 7.17. The molecular formula is C12H16O. The summed E-state index contributed by atoms with van der Waals surface area (Å²) in [6.07, 6.45) is 13.1. The molecule has 0 heterocycles. The molecule has 0 unspecified atom stereocenters. The van der Waals surface area contributed by atoms with Gasteiger partial charge in [0.25, 0.3) is 0 Å². The topological polar surface area (TPSA) is 20.2 Å². The van der Waals surface area contributed by atoms with Crippen LogP contribution in [0.3, 0.4) is 0 Å². The van der Waals surface area contributed by atoms with Gasteiger partial charge < -0.3 is 5.11 Å². The lowest BCUT2D eigenvalue weighted by Crippen LogP contribution is -1.72. The van der Waals surface area contributed by atoms with E-state index in [2.05, 4.69) is 6.58 Å². The number of aliphatic hydroxyl groups is 1. The SMILES string of the molecule is C=C(O)/C=C/C(/C=C\C=C\C)=C/C. The van der Waals surface area contributed by atoms with Gasteiger partial charge in [-0.05, 0) is 25.5 Å². The van der Waals surface area contributed by atoms with Crippen molar-refractivity contribution in [1.82, 2.24) is 0 Å². The highest BCUT2D eigenvalue weighted by atomic mass is 16.3. The standard InChI is InChI=1S/C12H16O/c1-4-6-7-8-12(5-2)10-9-11(3)13/h4-10,13H,3H2,1-2H3/b6-4+,8-7-,10-9+,12-5+. The zero-order valence-electron chi connectivity index (χ0n) is 8.20. The van der Waals surface area contributed by atoms with Crippen molar-refractivity contribution in [2.45, 2.75) is 13.8 Å². The van der Waals surface area contributed by atoms with Crippen molar-refractivity contribution in [3.63, 3.8) is 0 Å². The average Bonchev–Trinajstić information content (AvgIpc) is 2.10. The highest BCUT2D eigenvalue weighted by molar-refractivity contribution is 5.33. The van der Waals surface area contributed by atoms with Gasteiger partial charge in [0.05, 0.1) is 0 Å². The molecule has 1 nitrogen and oxygen atoms in total. The molecule has 1 heteroatoms. The van der Waals surface area contributed by atoms with Crippen LogP contribution in [0.4, 0.5) is 0 Å². The molecule has 0 aromatic carbocycles. The first-order valence-electron chi connectivity index (χ1n) is 4.22. The molecule has 0 aliphatic rings. The number of rotatable bonds is 4. The maximum Gasteiger partial charge on any atom is 0.108 e. The summed E-state index contributed by atoms with van der Waals surface area (Å²) < 4.78 is 0. The lowest BCUT2D eigenvalue weighted by atomic mass is 10.2. The van der Waals surface area contributed by atoms with Gasteiger partial charge in [-0.1, -0.05) is 43.0 Å². The molecule has 0 aromatic rings. The van der Waals surface area contributed by atoms with E-state index in [4.69, 9.17) is 5.11 Å². The number of hydrogen-bond donors (Lipinski definition) is 1. The van der Waals surface area contributed by atoms with Crippen molar-refractivity contribution in [1.29, 1.82) is 0 Å². The van der Waals surface area contributed by atoms with Gasteiger partial charge in [0.2, 0.25) is 0 Å². The summed E-state index contributed by atoms with van der Waals surface area (Å²) in [6, 6.07) is 0. The molecule has 0 atom stereocenters. The zero-order valence-corrected chi connectivity index (χ0v) is 8.20. The van der Waals surface area contributed by atoms with E-state index in [1.807, 2.05) is 50.3 Å². The Morgan fingerprint density at radius 1 is 1.08 bits per heavy atom. The summed E-state index contributed by atoms with van der Waals surface area (Å²) in [4.78, 5) is 0. The molecule has 0 amide bonds. The van der Waals surface area contributed by atoms with Crippen molar-refractivity contribution < 1.29 is 5.11 Å². The van der Waals surface area contributed by atoms with Crippen LogP contribution in [0.2, 0.25) is 0 Å². The van der Waals surface area contributed by atoms with Gasteiger partial charge in [0.15, 0.2) is 0 Å². The molecule has 0 spiro atoms. The smallest absolute Gasteiger partial charge is 0.108 e. The second-order valence-corrected chi connectivity index (χ2v) is 2.50. The normalized spacial score (nSPS) is 13.5. The lowest BCUT2D eigenvalue weighted by Gasteiger charge is -1.90. The van der Waals surface area contributed by atoms with Crippen LogP contribution < -0.4 is 0 Å². The zero-order chi connectivity index (χ0) is 10.1. The van der Waals surface area contributed by atoms with E-state index in [9.17, 15) is 0 Å². The Morgan fingerprint density at radius 2 is 1.77 bits per heavy atom. The minimum atomic E-state index is 0.0683. The van der Waals surface area contributed by atoms with Crippen LogP contribution in [-0.2, 0) is 0 Å². The van der Waals surface area contributed by atoms with Crippen LogP contribution in [0.25, 0.3) is 0 Å². The van der Waals surface area contributed by atoms with E-state index < -0.39 is 0 Å². The molecule has 1 N–H and O–H groups in total. The van der Waals surface area contributed by atoms with E-state index in [-0.39, 0.29) is 5.76 Å². The fourth-order valence-corrected chi connectivity index (χ4v) is 0.718. The minimum Gasteiger partial charge on any atom is -0.509 e. The quantitative estimate of drug-likeness (QED) is 0.511. The highest BCUT2D eigenvalue weighted by Crippen LogP contribution is 2.01. The van der Waals surface area contributed by atoms with Crippen molar-refractivity contribution >= 4 is 0 Å². The van der Waals surface area contributed by atoms with E-state index in [1.54, 1.807) is 6.08 Å².